The number of aryl methyl sites for hydroxylation is 1. The van der Waals surface area contributed by atoms with E-state index in [0.29, 0.717) is 0 Å². The minimum absolute atomic E-state index is 0.769. The summed E-state index contributed by atoms with van der Waals surface area (Å²) in [5, 5.41) is 4.44. The van der Waals surface area contributed by atoms with Gasteiger partial charge in [0.05, 0.1) is 16.1 Å². The highest BCUT2D eigenvalue weighted by molar-refractivity contribution is 6.95. The molecule has 0 fully saturated rings. The monoisotopic (exact) mass is 482 g/mol. The van der Waals surface area contributed by atoms with E-state index < -0.39 is 16.1 Å². The van der Waals surface area contributed by atoms with Gasteiger partial charge in [-0.2, -0.15) is 0 Å². The van der Waals surface area contributed by atoms with Crippen molar-refractivity contribution in [3.63, 3.8) is 0 Å². The fraction of sp³-hybridized carbons (Fsp3) is 0.259. The molecule has 3 rings (SSSR count). The van der Waals surface area contributed by atoms with Gasteiger partial charge in [-0.3, -0.25) is 0 Å². The molecule has 0 aliphatic carbocycles. The van der Waals surface area contributed by atoms with Crippen LogP contribution in [0.5, 0.6) is 0 Å². The van der Waals surface area contributed by atoms with Crippen molar-refractivity contribution in [1.82, 2.24) is 0 Å². The Hall–Kier alpha value is -1.59. The van der Waals surface area contributed by atoms with Crippen molar-refractivity contribution < 1.29 is 0 Å². The van der Waals surface area contributed by atoms with Gasteiger partial charge in [0.25, 0.3) is 0 Å². The van der Waals surface area contributed by atoms with Gasteiger partial charge < -0.3 is 0 Å². The van der Waals surface area contributed by atoms with E-state index in [4.69, 9.17) is 23.2 Å². The number of halogens is 2. The zero-order chi connectivity index (χ0) is 23.0. The summed E-state index contributed by atoms with van der Waals surface area (Å²) in [6.45, 7) is 16.7. The second-order valence-electron chi connectivity index (χ2n) is 10.3. The summed E-state index contributed by atoms with van der Waals surface area (Å²) in [7, 11) is -3.43. The Kier molecular flexibility index (Phi) is 7.07. The molecule has 0 N–H and O–H groups in total. The highest BCUT2D eigenvalue weighted by Crippen LogP contribution is 2.39. The summed E-state index contributed by atoms with van der Waals surface area (Å²) < 4.78 is 0. The summed E-state index contributed by atoms with van der Waals surface area (Å²) in [6.07, 6.45) is 0. The summed E-state index contributed by atoms with van der Waals surface area (Å²) in [5.74, 6) is 0. The van der Waals surface area contributed by atoms with Crippen molar-refractivity contribution in [3.8, 4) is 0 Å². The third kappa shape index (κ3) is 5.43. The van der Waals surface area contributed by atoms with Crippen molar-refractivity contribution in [2.45, 2.75) is 46.2 Å². The van der Waals surface area contributed by atoms with Crippen molar-refractivity contribution in [2.75, 3.05) is 0 Å². The van der Waals surface area contributed by atoms with Gasteiger partial charge in [0.1, 0.15) is 0 Å². The molecule has 0 aliphatic rings. The lowest BCUT2D eigenvalue weighted by Gasteiger charge is -2.30. The predicted octanol–water partition coefficient (Wildman–Crippen LogP) is 8.68. The van der Waals surface area contributed by atoms with E-state index >= 15 is 0 Å². The SMILES string of the molecule is Cc1ccccc1/C(=C(\c1ccc(Cl)cc1)[Si](C)(C)C)c1ccc(Cl)cc1[Si](C)(C)C. The summed E-state index contributed by atoms with van der Waals surface area (Å²) >= 11 is 12.8. The Morgan fingerprint density at radius 1 is 0.677 bits per heavy atom. The second kappa shape index (κ2) is 9.11. The molecule has 0 atom stereocenters. The van der Waals surface area contributed by atoms with E-state index in [1.54, 1.807) is 0 Å². The Labute approximate surface area is 200 Å². The van der Waals surface area contributed by atoms with Crippen LogP contribution in [0.15, 0.2) is 66.7 Å². The van der Waals surface area contributed by atoms with Gasteiger partial charge >= 0.3 is 0 Å². The predicted molar refractivity (Wildman–Crippen MR) is 146 cm³/mol. The Morgan fingerprint density at radius 3 is 1.81 bits per heavy atom. The van der Waals surface area contributed by atoms with Crippen LogP contribution in [-0.4, -0.2) is 16.1 Å². The van der Waals surface area contributed by atoms with E-state index in [-0.39, 0.29) is 0 Å². The van der Waals surface area contributed by atoms with Gasteiger partial charge in [0.15, 0.2) is 0 Å². The maximum atomic E-state index is 6.51. The van der Waals surface area contributed by atoms with Crippen LogP contribution in [0.4, 0.5) is 0 Å². The van der Waals surface area contributed by atoms with Crippen molar-refractivity contribution >= 4 is 55.3 Å². The van der Waals surface area contributed by atoms with Crippen molar-refractivity contribution in [3.05, 3.63) is 99.0 Å². The number of hydrogen-bond donors (Lipinski definition) is 0. The van der Waals surface area contributed by atoms with Crippen LogP contribution in [0.3, 0.4) is 0 Å². The van der Waals surface area contributed by atoms with Crippen molar-refractivity contribution in [2.24, 2.45) is 0 Å². The molecular formula is C27H32Cl2Si2. The maximum absolute atomic E-state index is 6.51. The van der Waals surface area contributed by atoms with Gasteiger partial charge in [-0.05, 0) is 64.2 Å². The Morgan fingerprint density at radius 2 is 1.26 bits per heavy atom. The molecule has 0 aromatic heterocycles. The molecule has 3 aromatic carbocycles. The number of benzene rings is 3. The molecule has 3 aromatic rings. The van der Waals surface area contributed by atoms with E-state index in [0.717, 1.165) is 10.0 Å². The molecule has 0 aliphatic heterocycles. The molecule has 0 saturated heterocycles. The molecule has 0 amide bonds. The fourth-order valence-corrected chi connectivity index (χ4v) is 8.24. The lowest BCUT2D eigenvalue weighted by Crippen LogP contribution is -2.40. The van der Waals surface area contributed by atoms with Crippen LogP contribution in [-0.2, 0) is 0 Å². The zero-order valence-electron chi connectivity index (χ0n) is 19.6. The minimum Gasteiger partial charge on any atom is -0.0843 e. The summed E-state index contributed by atoms with van der Waals surface area (Å²) in [5.41, 5.74) is 6.53. The Balaban J connectivity index is 2.54. The average Bonchev–Trinajstić information content (AvgIpc) is 2.66. The van der Waals surface area contributed by atoms with E-state index in [1.807, 2.05) is 18.2 Å². The smallest absolute Gasteiger partial charge is 0.0792 e. The third-order valence-corrected chi connectivity index (χ3v) is 10.2. The zero-order valence-corrected chi connectivity index (χ0v) is 23.1. The lowest BCUT2D eigenvalue weighted by molar-refractivity contribution is 1.41. The normalized spacial score (nSPS) is 13.2. The molecule has 4 heteroatoms. The molecule has 0 spiro atoms. The quantitative estimate of drug-likeness (QED) is 0.251. The van der Waals surface area contributed by atoms with Crippen molar-refractivity contribution in [1.29, 1.82) is 0 Å². The molecule has 0 bridgehead atoms. The molecular weight excluding hydrogens is 451 g/mol. The molecule has 0 nitrogen and oxygen atoms in total. The summed E-state index contributed by atoms with van der Waals surface area (Å²) in [6, 6.07) is 23.6. The summed E-state index contributed by atoms with van der Waals surface area (Å²) in [4.78, 5) is 0. The van der Waals surface area contributed by atoms with Crippen LogP contribution in [0, 0.1) is 6.92 Å². The molecule has 31 heavy (non-hydrogen) atoms. The van der Waals surface area contributed by atoms with E-state index in [9.17, 15) is 0 Å². The molecule has 0 radical (unpaired) electrons. The standard InChI is InChI=1S/C27H32Cl2Si2/c1-19-10-8-9-11-23(19)26(24-17-16-22(29)18-25(24)30(2,3)4)27(31(5,6)7)20-12-14-21(28)15-13-20/h8-18H,1-7H3/b27-26-. The van der Waals surface area contributed by atoms with Gasteiger partial charge in [-0.1, -0.05) is 110 Å². The van der Waals surface area contributed by atoms with Crippen LogP contribution in [0.2, 0.25) is 49.3 Å². The number of hydrogen-bond acceptors (Lipinski definition) is 0. The molecule has 162 valence electrons. The van der Waals surface area contributed by atoms with Crippen LogP contribution >= 0.6 is 23.2 Å². The van der Waals surface area contributed by atoms with Gasteiger partial charge in [-0.15, -0.1) is 0 Å². The fourth-order valence-electron chi connectivity index (χ4n) is 4.19. The first-order valence-corrected chi connectivity index (χ1v) is 18.5. The van der Waals surface area contributed by atoms with Gasteiger partial charge in [0.2, 0.25) is 0 Å². The lowest BCUT2D eigenvalue weighted by atomic mass is 9.92. The minimum atomic E-state index is -1.77. The molecule has 0 heterocycles. The first-order chi connectivity index (χ1) is 14.4. The maximum Gasteiger partial charge on any atom is 0.0792 e. The average molecular weight is 484 g/mol. The third-order valence-electron chi connectivity index (χ3n) is 5.61. The largest absolute Gasteiger partial charge is 0.0843 e. The Bertz CT molecular complexity index is 1120. The highest BCUT2D eigenvalue weighted by Gasteiger charge is 2.30. The number of rotatable bonds is 5. The van der Waals surface area contributed by atoms with Crippen LogP contribution < -0.4 is 5.19 Å². The molecule has 0 unspecified atom stereocenters. The first kappa shape index (κ1) is 24.1. The molecule has 0 saturated carbocycles. The van der Waals surface area contributed by atoms with Crippen LogP contribution in [0.1, 0.15) is 22.3 Å². The first-order valence-electron chi connectivity index (χ1n) is 10.8. The van der Waals surface area contributed by atoms with Gasteiger partial charge in [-0.25, -0.2) is 0 Å². The topological polar surface area (TPSA) is 0 Å². The highest BCUT2D eigenvalue weighted by atomic mass is 35.5. The van der Waals surface area contributed by atoms with E-state index in [2.05, 4.69) is 94.7 Å². The van der Waals surface area contributed by atoms with E-state index in [1.165, 1.54) is 38.2 Å². The van der Waals surface area contributed by atoms with Crippen LogP contribution in [0.25, 0.3) is 10.8 Å². The van der Waals surface area contributed by atoms with Gasteiger partial charge in [0, 0.05) is 10.0 Å². The second-order valence-corrected chi connectivity index (χ2v) is 21.2.